The zero-order valence-corrected chi connectivity index (χ0v) is 12.1. The fourth-order valence-electron chi connectivity index (χ4n) is 1.69. The number of sulfonamides is 1. The predicted molar refractivity (Wildman–Crippen MR) is 74.4 cm³/mol. The van der Waals surface area contributed by atoms with Crippen molar-refractivity contribution < 1.29 is 23.1 Å². The number of rotatable bonds is 8. The van der Waals surface area contributed by atoms with Gasteiger partial charge >= 0.3 is 5.97 Å². The Bertz CT molecular complexity index is 568. The van der Waals surface area contributed by atoms with Crippen molar-refractivity contribution in [1.82, 2.24) is 0 Å². The van der Waals surface area contributed by atoms with E-state index in [-0.39, 0.29) is 16.2 Å². The van der Waals surface area contributed by atoms with E-state index in [4.69, 9.17) is 15.0 Å². The van der Waals surface area contributed by atoms with Crippen molar-refractivity contribution in [3.63, 3.8) is 0 Å². The summed E-state index contributed by atoms with van der Waals surface area (Å²) in [7, 11) is -3.93. The minimum Gasteiger partial charge on any atom is -0.493 e. The Morgan fingerprint density at radius 1 is 1.30 bits per heavy atom. The highest BCUT2D eigenvalue weighted by Crippen LogP contribution is 2.22. The third kappa shape index (κ3) is 4.82. The molecule has 3 N–H and O–H groups in total. The van der Waals surface area contributed by atoms with Crippen LogP contribution in [0.25, 0.3) is 0 Å². The zero-order chi connectivity index (χ0) is 15.2. The number of carboxylic acid groups (broad SMARTS) is 1. The van der Waals surface area contributed by atoms with Gasteiger partial charge in [-0.3, -0.25) is 0 Å². The normalized spacial score (nSPS) is 11.3. The van der Waals surface area contributed by atoms with E-state index >= 15 is 0 Å². The second-order valence-corrected chi connectivity index (χ2v) is 5.98. The molecule has 0 fully saturated rings. The number of benzene rings is 1. The summed E-state index contributed by atoms with van der Waals surface area (Å²) in [6.07, 6.45) is 4.03. The molecule has 0 spiro atoms. The van der Waals surface area contributed by atoms with Gasteiger partial charge in [0.1, 0.15) is 11.3 Å². The lowest BCUT2D eigenvalue weighted by molar-refractivity contribution is 0.0692. The molecule has 0 bridgehead atoms. The Morgan fingerprint density at radius 3 is 2.55 bits per heavy atom. The average molecular weight is 301 g/mol. The number of primary sulfonamides is 1. The van der Waals surface area contributed by atoms with Crippen LogP contribution < -0.4 is 9.88 Å². The molecule has 7 heteroatoms. The standard InChI is InChI=1S/C13H19NO5S/c1-2-3-4-5-8-19-12-7-6-10(20(14,17)18)9-11(12)13(15)16/h6-7,9H,2-5,8H2,1H3,(H,15,16)(H2,14,17,18). The predicted octanol–water partition coefficient (Wildman–Crippen LogP) is 1.99. The molecule has 1 aromatic rings. The number of hydrogen-bond acceptors (Lipinski definition) is 4. The van der Waals surface area contributed by atoms with E-state index in [1.807, 2.05) is 0 Å². The summed E-state index contributed by atoms with van der Waals surface area (Å²) in [4.78, 5) is 10.9. The lowest BCUT2D eigenvalue weighted by Crippen LogP contribution is -2.14. The lowest BCUT2D eigenvalue weighted by Gasteiger charge is -2.10. The molecule has 0 amide bonds. The van der Waals surface area contributed by atoms with Crippen LogP contribution in [0.5, 0.6) is 5.75 Å². The van der Waals surface area contributed by atoms with Gasteiger partial charge < -0.3 is 9.84 Å². The van der Waals surface area contributed by atoms with E-state index < -0.39 is 16.0 Å². The molecule has 0 radical (unpaired) electrons. The maximum Gasteiger partial charge on any atom is 0.339 e. The Balaban J connectivity index is 2.83. The maximum atomic E-state index is 11.2. The number of aromatic carboxylic acids is 1. The average Bonchev–Trinajstić information content (AvgIpc) is 2.37. The van der Waals surface area contributed by atoms with Crippen molar-refractivity contribution in [2.75, 3.05) is 6.61 Å². The number of carbonyl (C=O) groups is 1. The first-order chi connectivity index (χ1) is 9.36. The Labute approximate surface area is 118 Å². The SMILES string of the molecule is CCCCCCOc1ccc(S(N)(=O)=O)cc1C(=O)O. The minimum atomic E-state index is -3.93. The molecular formula is C13H19NO5S. The second-order valence-electron chi connectivity index (χ2n) is 4.42. The lowest BCUT2D eigenvalue weighted by atomic mass is 10.2. The molecule has 0 saturated heterocycles. The molecule has 0 atom stereocenters. The van der Waals surface area contributed by atoms with E-state index in [0.717, 1.165) is 31.7 Å². The fraction of sp³-hybridized carbons (Fsp3) is 0.462. The molecule has 0 aliphatic carbocycles. The van der Waals surface area contributed by atoms with Crippen LogP contribution in [-0.4, -0.2) is 26.1 Å². The van der Waals surface area contributed by atoms with E-state index in [2.05, 4.69) is 6.92 Å². The summed E-state index contributed by atoms with van der Waals surface area (Å²) in [6, 6.07) is 3.57. The first kappa shape index (κ1) is 16.5. The van der Waals surface area contributed by atoms with Crippen LogP contribution in [0.4, 0.5) is 0 Å². The third-order valence-corrected chi connectivity index (χ3v) is 3.68. The van der Waals surface area contributed by atoms with Gasteiger partial charge in [0.15, 0.2) is 0 Å². The van der Waals surface area contributed by atoms with Crippen molar-refractivity contribution in [1.29, 1.82) is 0 Å². The summed E-state index contributed by atoms with van der Waals surface area (Å²) in [6.45, 7) is 2.49. The molecule has 0 aliphatic rings. The molecule has 0 saturated carbocycles. The van der Waals surface area contributed by atoms with Gasteiger partial charge in [0.05, 0.1) is 11.5 Å². The second kappa shape index (κ2) is 7.25. The molecule has 20 heavy (non-hydrogen) atoms. The molecule has 0 aromatic heterocycles. The highest BCUT2D eigenvalue weighted by atomic mass is 32.2. The quantitative estimate of drug-likeness (QED) is 0.714. The van der Waals surface area contributed by atoms with E-state index in [1.165, 1.54) is 12.1 Å². The van der Waals surface area contributed by atoms with Gasteiger partial charge in [0.2, 0.25) is 10.0 Å². The number of hydrogen-bond donors (Lipinski definition) is 2. The highest BCUT2D eigenvalue weighted by molar-refractivity contribution is 7.89. The summed E-state index contributed by atoms with van der Waals surface area (Å²) in [5.74, 6) is -1.10. The largest absolute Gasteiger partial charge is 0.493 e. The zero-order valence-electron chi connectivity index (χ0n) is 11.3. The van der Waals surface area contributed by atoms with Gasteiger partial charge in [-0.05, 0) is 24.6 Å². The number of carboxylic acids is 1. The van der Waals surface area contributed by atoms with Gasteiger partial charge in [-0.25, -0.2) is 18.4 Å². The van der Waals surface area contributed by atoms with Crippen LogP contribution >= 0.6 is 0 Å². The Morgan fingerprint density at radius 2 is 2.00 bits per heavy atom. The van der Waals surface area contributed by atoms with E-state index in [9.17, 15) is 13.2 Å². The first-order valence-electron chi connectivity index (χ1n) is 6.39. The summed E-state index contributed by atoms with van der Waals surface area (Å²) < 4.78 is 27.8. The summed E-state index contributed by atoms with van der Waals surface area (Å²) in [5, 5.41) is 14.1. The van der Waals surface area contributed by atoms with Gasteiger partial charge in [-0.15, -0.1) is 0 Å². The van der Waals surface area contributed by atoms with Crippen molar-refractivity contribution >= 4 is 16.0 Å². The van der Waals surface area contributed by atoms with Crippen molar-refractivity contribution in [3.8, 4) is 5.75 Å². The molecule has 1 aromatic carbocycles. The van der Waals surface area contributed by atoms with Gasteiger partial charge in [0, 0.05) is 0 Å². The topological polar surface area (TPSA) is 107 Å². The van der Waals surface area contributed by atoms with Crippen LogP contribution in [-0.2, 0) is 10.0 Å². The van der Waals surface area contributed by atoms with Crippen LogP contribution in [0.3, 0.4) is 0 Å². The smallest absolute Gasteiger partial charge is 0.339 e. The fourth-order valence-corrected chi connectivity index (χ4v) is 2.23. The van der Waals surface area contributed by atoms with Crippen LogP contribution in [0.1, 0.15) is 43.0 Å². The summed E-state index contributed by atoms with van der Waals surface area (Å²) >= 11 is 0. The minimum absolute atomic E-state index is 0.154. The maximum absolute atomic E-state index is 11.2. The van der Waals surface area contributed by atoms with Crippen molar-refractivity contribution in [2.45, 2.75) is 37.5 Å². The van der Waals surface area contributed by atoms with Crippen LogP contribution in [0, 0.1) is 0 Å². The van der Waals surface area contributed by atoms with E-state index in [0.29, 0.717) is 6.61 Å². The molecule has 1 rings (SSSR count). The number of unbranched alkanes of at least 4 members (excludes halogenated alkanes) is 3. The molecule has 0 aliphatic heterocycles. The van der Waals surface area contributed by atoms with Gasteiger partial charge in [0.25, 0.3) is 0 Å². The molecule has 0 heterocycles. The van der Waals surface area contributed by atoms with Crippen LogP contribution in [0.15, 0.2) is 23.1 Å². The van der Waals surface area contributed by atoms with Crippen LogP contribution in [0.2, 0.25) is 0 Å². The van der Waals surface area contributed by atoms with Crippen molar-refractivity contribution in [2.24, 2.45) is 5.14 Å². The van der Waals surface area contributed by atoms with Gasteiger partial charge in [-0.1, -0.05) is 26.2 Å². The van der Waals surface area contributed by atoms with Gasteiger partial charge in [-0.2, -0.15) is 0 Å². The summed E-state index contributed by atoms with van der Waals surface area (Å²) in [5.41, 5.74) is -0.202. The molecule has 0 unspecified atom stereocenters. The highest BCUT2D eigenvalue weighted by Gasteiger charge is 2.16. The van der Waals surface area contributed by atoms with E-state index in [1.54, 1.807) is 0 Å². The molecule has 112 valence electrons. The number of nitrogens with two attached hydrogens (primary N) is 1. The Hall–Kier alpha value is -1.60. The molecular weight excluding hydrogens is 282 g/mol. The van der Waals surface area contributed by atoms with Crippen molar-refractivity contribution in [3.05, 3.63) is 23.8 Å². The first-order valence-corrected chi connectivity index (χ1v) is 7.94. The Kier molecular flexibility index (Phi) is 5.97. The third-order valence-electron chi connectivity index (χ3n) is 2.77. The number of ether oxygens (including phenoxy) is 1. The monoisotopic (exact) mass is 301 g/mol. The molecule has 6 nitrogen and oxygen atoms in total.